The second kappa shape index (κ2) is 6.92. The molecule has 1 saturated heterocycles. The highest BCUT2D eigenvalue weighted by Gasteiger charge is 2.23. The van der Waals surface area contributed by atoms with Gasteiger partial charge in [0.1, 0.15) is 5.82 Å². The summed E-state index contributed by atoms with van der Waals surface area (Å²) < 4.78 is 4.62. The molecule has 1 aliphatic heterocycles. The topological polar surface area (TPSA) is 55.3 Å². The molecular weight excluding hydrogens is 274 g/mol. The number of anilines is 1. The molecule has 6 heteroatoms. The first kappa shape index (κ1) is 15.1. The van der Waals surface area contributed by atoms with Gasteiger partial charge in [-0.2, -0.15) is 0 Å². The van der Waals surface area contributed by atoms with E-state index in [-0.39, 0.29) is 11.7 Å². The largest absolute Gasteiger partial charge is 0.468 e. The summed E-state index contributed by atoms with van der Waals surface area (Å²) in [6, 6.07) is 1.94. The lowest BCUT2D eigenvalue weighted by Crippen LogP contribution is -2.39. The molecule has 1 aliphatic rings. The summed E-state index contributed by atoms with van der Waals surface area (Å²) in [5.41, 5.74) is 0. The number of rotatable bonds is 4. The van der Waals surface area contributed by atoms with Gasteiger partial charge in [0.2, 0.25) is 0 Å². The van der Waals surface area contributed by atoms with Crippen LogP contribution in [0.15, 0.2) is 17.4 Å². The van der Waals surface area contributed by atoms with Crippen LogP contribution in [0.1, 0.15) is 20.3 Å². The highest BCUT2D eigenvalue weighted by atomic mass is 32.2. The third kappa shape index (κ3) is 4.10. The quantitative estimate of drug-likeness (QED) is 0.482. The van der Waals surface area contributed by atoms with Crippen LogP contribution in [0.2, 0.25) is 0 Å². The van der Waals surface area contributed by atoms with Crippen LogP contribution >= 0.6 is 11.8 Å². The number of carbonyl (C=O) groups is 1. The molecule has 2 rings (SSSR count). The van der Waals surface area contributed by atoms with Crippen molar-refractivity contribution in [3.05, 3.63) is 12.3 Å². The zero-order valence-corrected chi connectivity index (χ0v) is 13.0. The average molecular weight is 295 g/mol. The molecule has 1 aromatic rings. The number of carbonyl (C=O) groups excluding carboxylic acids is 1. The van der Waals surface area contributed by atoms with Gasteiger partial charge in [-0.05, 0) is 24.3 Å². The molecule has 1 aromatic heterocycles. The van der Waals surface area contributed by atoms with Crippen LogP contribution in [0.25, 0.3) is 0 Å². The second-order valence-corrected chi connectivity index (χ2v) is 6.36. The fraction of sp³-hybridized carbons (Fsp3) is 0.643. The maximum Gasteiger partial charge on any atom is 0.316 e. The SMILES string of the molecule is COC(=O)CSc1nccc(N2CC(C)CC(C)C2)n1. The maximum absolute atomic E-state index is 11.1. The van der Waals surface area contributed by atoms with Gasteiger partial charge in [-0.25, -0.2) is 9.97 Å². The molecule has 0 radical (unpaired) electrons. The summed E-state index contributed by atoms with van der Waals surface area (Å²) in [5, 5.41) is 0.624. The van der Waals surface area contributed by atoms with Crippen LogP contribution in [0.5, 0.6) is 0 Å². The van der Waals surface area contributed by atoms with Crippen molar-refractivity contribution < 1.29 is 9.53 Å². The Labute approximate surface area is 124 Å². The molecule has 2 atom stereocenters. The van der Waals surface area contributed by atoms with E-state index < -0.39 is 0 Å². The Kier molecular flexibility index (Phi) is 5.23. The molecule has 0 saturated carbocycles. The third-order valence-corrected chi connectivity index (χ3v) is 4.19. The van der Waals surface area contributed by atoms with Gasteiger partial charge in [-0.15, -0.1) is 0 Å². The number of piperidine rings is 1. The molecule has 0 aliphatic carbocycles. The van der Waals surface area contributed by atoms with E-state index in [1.807, 2.05) is 6.07 Å². The zero-order chi connectivity index (χ0) is 14.5. The first-order chi connectivity index (χ1) is 9.58. The van der Waals surface area contributed by atoms with E-state index in [2.05, 4.69) is 33.5 Å². The van der Waals surface area contributed by atoms with Gasteiger partial charge >= 0.3 is 5.97 Å². The van der Waals surface area contributed by atoms with E-state index in [9.17, 15) is 4.79 Å². The highest BCUT2D eigenvalue weighted by Crippen LogP contribution is 2.25. The van der Waals surface area contributed by atoms with E-state index >= 15 is 0 Å². The van der Waals surface area contributed by atoms with Crippen molar-refractivity contribution in [3.8, 4) is 0 Å². The van der Waals surface area contributed by atoms with Crippen LogP contribution in [-0.4, -0.2) is 41.9 Å². The van der Waals surface area contributed by atoms with E-state index in [4.69, 9.17) is 0 Å². The number of aromatic nitrogens is 2. The molecule has 0 N–H and O–H groups in total. The predicted octanol–water partition coefficient (Wildman–Crippen LogP) is 2.22. The second-order valence-electron chi connectivity index (χ2n) is 5.41. The Morgan fingerprint density at radius 2 is 2.15 bits per heavy atom. The van der Waals surface area contributed by atoms with Crippen LogP contribution in [-0.2, 0) is 9.53 Å². The highest BCUT2D eigenvalue weighted by molar-refractivity contribution is 7.99. The van der Waals surface area contributed by atoms with Gasteiger partial charge in [-0.3, -0.25) is 4.79 Å². The maximum atomic E-state index is 11.1. The van der Waals surface area contributed by atoms with Crippen molar-refractivity contribution in [2.24, 2.45) is 11.8 Å². The zero-order valence-electron chi connectivity index (χ0n) is 12.2. The lowest BCUT2D eigenvalue weighted by molar-refractivity contribution is -0.137. The summed E-state index contributed by atoms with van der Waals surface area (Å²) in [5.74, 6) is 2.29. The summed E-state index contributed by atoms with van der Waals surface area (Å²) >= 11 is 1.31. The minimum Gasteiger partial charge on any atom is -0.468 e. The monoisotopic (exact) mass is 295 g/mol. The first-order valence-electron chi connectivity index (χ1n) is 6.86. The normalized spacial score (nSPS) is 22.6. The van der Waals surface area contributed by atoms with Crippen LogP contribution in [0.4, 0.5) is 5.82 Å². The Morgan fingerprint density at radius 1 is 1.45 bits per heavy atom. The number of methoxy groups -OCH3 is 1. The van der Waals surface area contributed by atoms with Crippen LogP contribution < -0.4 is 4.90 Å². The summed E-state index contributed by atoms with van der Waals surface area (Å²) in [6.45, 7) is 6.61. The van der Waals surface area contributed by atoms with E-state index in [0.717, 1.165) is 18.9 Å². The van der Waals surface area contributed by atoms with Gasteiger partial charge < -0.3 is 9.64 Å². The van der Waals surface area contributed by atoms with Gasteiger partial charge in [0.25, 0.3) is 0 Å². The number of hydrogen-bond donors (Lipinski definition) is 0. The number of ether oxygens (including phenoxy) is 1. The number of nitrogens with zero attached hydrogens (tertiary/aromatic N) is 3. The van der Waals surface area contributed by atoms with Crippen molar-refractivity contribution in [2.45, 2.75) is 25.4 Å². The lowest BCUT2D eigenvalue weighted by Gasteiger charge is -2.35. The average Bonchev–Trinajstić information content (AvgIpc) is 2.44. The van der Waals surface area contributed by atoms with Crippen molar-refractivity contribution in [1.82, 2.24) is 9.97 Å². The fourth-order valence-electron chi connectivity index (χ4n) is 2.61. The first-order valence-corrected chi connectivity index (χ1v) is 7.84. The molecule has 20 heavy (non-hydrogen) atoms. The van der Waals surface area contributed by atoms with Gasteiger partial charge in [0.05, 0.1) is 12.9 Å². The molecule has 0 bridgehead atoms. The molecule has 2 unspecified atom stereocenters. The lowest BCUT2D eigenvalue weighted by atomic mass is 9.92. The minimum atomic E-state index is -0.260. The smallest absolute Gasteiger partial charge is 0.316 e. The molecule has 0 spiro atoms. The minimum absolute atomic E-state index is 0.243. The standard InChI is InChI=1S/C14H21N3O2S/c1-10-6-11(2)8-17(7-10)12-4-5-15-14(16-12)20-9-13(18)19-3/h4-5,10-11H,6-9H2,1-3H3. The van der Waals surface area contributed by atoms with Gasteiger partial charge in [0, 0.05) is 19.3 Å². The van der Waals surface area contributed by atoms with Crippen molar-refractivity contribution in [2.75, 3.05) is 30.9 Å². The van der Waals surface area contributed by atoms with Crippen molar-refractivity contribution >= 4 is 23.5 Å². The Bertz CT molecular complexity index is 459. The van der Waals surface area contributed by atoms with Gasteiger partial charge in [-0.1, -0.05) is 25.6 Å². The van der Waals surface area contributed by atoms with E-state index in [0.29, 0.717) is 17.0 Å². The molecular formula is C14H21N3O2S. The molecule has 5 nitrogen and oxygen atoms in total. The van der Waals surface area contributed by atoms with Crippen LogP contribution in [0.3, 0.4) is 0 Å². The van der Waals surface area contributed by atoms with E-state index in [1.165, 1.54) is 25.3 Å². The Morgan fingerprint density at radius 3 is 2.80 bits per heavy atom. The molecule has 1 fully saturated rings. The molecule has 0 aromatic carbocycles. The van der Waals surface area contributed by atoms with Gasteiger partial charge in [0.15, 0.2) is 5.16 Å². The summed E-state index contributed by atoms with van der Waals surface area (Å²) in [7, 11) is 1.39. The predicted molar refractivity (Wildman–Crippen MR) is 79.9 cm³/mol. The third-order valence-electron chi connectivity index (χ3n) is 3.36. The Balaban J connectivity index is 2.03. The number of thioether (sulfide) groups is 1. The van der Waals surface area contributed by atoms with Crippen LogP contribution in [0, 0.1) is 11.8 Å². The Hall–Kier alpha value is -1.30. The molecule has 110 valence electrons. The van der Waals surface area contributed by atoms with Crippen molar-refractivity contribution in [3.63, 3.8) is 0 Å². The molecule has 2 heterocycles. The number of esters is 1. The summed E-state index contributed by atoms with van der Waals surface area (Å²) in [4.78, 5) is 22.2. The number of hydrogen-bond acceptors (Lipinski definition) is 6. The van der Waals surface area contributed by atoms with Crippen molar-refractivity contribution in [1.29, 1.82) is 0 Å². The van der Waals surface area contributed by atoms with E-state index in [1.54, 1.807) is 6.20 Å². The summed E-state index contributed by atoms with van der Waals surface area (Å²) in [6.07, 6.45) is 3.03. The molecule has 0 amide bonds. The fourth-order valence-corrected chi connectivity index (χ4v) is 3.27.